The number of nitrogens with zero attached hydrogens (tertiary/aromatic N) is 4. The van der Waals surface area contributed by atoms with Gasteiger partial charge in [0.2, 0.25) is 0 Å². The molecule has 11 heteroatoms. The molecule has 0 unspecified atom stereocenters. The van der Waals surface area contributed by atoms with Crippen LogP contribution in [-0.4, -0.2) is 73.9 Å². The van der Waals surface area contributed by atoms with Crippen LogP contribution in [0.4, 0.5) is 4.79 Å². The van der Waals surface area contributed by atoms with E-state index in [2.05, 4.69) is 25.7 Å². The van der Waals surface area contributed by atoms with Crippen molar-refractivity contribution in [2.45, 2.75) is 51.4 Å². The molecule has 0 saturated carbocycles. The lowest BCUT2D eigenvalue weighted by Gasteiger charge is -2.37. The van der Waals surface area contributed by atoms with Crippen molar-refractivity contribution in [1.29, 1.82) is 0 Å². The van der Waals surface area contributed by atoms with E-state index in [0.29, 0.717) is 21.5 Å². The van der Waals surface area contributed by atoms with Crippen LogP contribution in [0.25, 0.3) is 0 Å². The zero-order chi connectivity index (χ0) is 28.9. The molecule has 2 aromatic carbocycles. The molecule has 0 spiro atoms. The molecule has 40 heavy (non-hydrogen) atoms. The Balaban J connectivity index is 1.58. The minimum Gasteiger partial charge on any atom is -0.465 e. The van der Waals surface area contributed by atoms with Crippen LogP contribution in [0, 0.1) is 5.92 Å². The zero-order valence-electron chi connectivity index (χ0n) is 22.7. The summed E-state index contributed by atoms with van der Waals surface area (Å²) in [6.07, 6.45) is -2.06. The number of hydrogen-bond acceptors (Lipinski definition) is 6. The Labute approximate surface area is 248 Å². The average molecular weight is 604 g/mol. The number of carbonyl (C=O) groups is 2. The molecule has 2 N–H and O–H groups in total. The van der Waals surface area contributed by atoms with E-state index in [4.69, 9.17) is 28.2 Å². The molecule has 3 heterocycles. The average Bonchev–Trinajstić information content (AvgIpc) is 3.55. The van der Waals surface area contributed by atoms with E-state index < -0.39 is 23.8 Å². The molecule has 5 rings (SSSR count). The first kappa shape index (κ1) is 28.8. The number of allylic oxidation sites excluding steroid dienone is 1. The van der Waals surface area contributed by atoms with Gasteiger partial charge >= 0.3 is 6.09 Å². The number of likely N-dealkylation sites (tertiary alicyclic amines) is 1. The summed E-state index contributed by atoms with van der Waals surface area (Å²) in [5.74, 6) is -0.253. The first-order valence-electron chi connectivity index (χ1n) is 13.3. The van der Waals surface area contributed by atoms with Crippen LogP contribution in [0.1, 0.15) is 44.9 Å². The van der Waals surface area contributed by atoms with Crippen LogP contribution in [0.3, 0.4) is 0 Å². The summed E-state index contributed by atoms with van der Waals surface area (Å²) in [6, 6.07) is 14.5. The molecule has 0 radical (unpaired) electrons. The number of hydrogen-bond donors (Lipinski definition) is 2. The summed E-state index contributed by atoms with van der Waals surface area (Å²) in [6.45, 7) is 8.41. The van der Waals surface area contributed by atoms with Crippen LogP contribution >= 0.6 is 35.0 Å². The maximum atomic E-state index is 14.1. The number of carboxylic acid groups (broad SMARTS) is 1. The predicted octanol–water partition coefficient (Wildman–Crippen LogP) is 5.81. The molecule has 4 atom stereocenters. The number of amides is 2. The third-order valence-corrected chi connectivity index (χ3v) is 9.46. The van der Waals surface area contributed by atoms with Crippen LogP contribution < -0.4 is 0 Å². The molecule has 2 aromatic rings. The maximum Gasteiger partial charge on any atom is 0.407 e. The Hall–Kier alpha value is -2.72. The fourth-order valence-electron chi connectivity index (χ4n) is 5.96. The Morgan fingerprint density at radius 3 is 2.23 bits per heavy atom. The molecule has 1 fully saturated rings. The second-order valence-electron chi connectivity index (χ2n) is 10.8. The topological polar surface area (TPSA) is 96.7 Å². The van der Waals surface area contributed by atoms with Crippen molar-refractivity contribution in [3.05, 3.63) is 80.3 Å². The number of β-amino-alcohol motifs (C(OH)–C–C–N with tert-alkyl or cyclic N) is 1. The van der Waals surface area contributed by atoms with Crippen molar-refractivity contribution in [1.82, 2.24) is 14.7 Å². The number of aliphatic imine (C=N–C) groups is 1. The Bertz CT molecular complexity index is 1380. The van der Waals surface area contributed by atoms with Crippen molar-refractivity contribution < 1.29 is 19.8 Å². The fraction of sp³-hybridized carbons (Fsp3) is 0.414. The van der Waals surface area contributed by atoms with E-state index in [-0.39, 0.29) is 31.0 Å². The zero-order valence-corrected chi connectivity index (χ0v) is 25.0. The third-order valence-electron chi connectivity index (χ3n) is 7.90. The highest BCUT2D eigenvalue weighted by molar-refractivity contribution is 8.18. The summed E-state index contributed by atoms with van der Waals surface area (Å²) in [4.78, 5) is 36.4. The van der Waals surface area contributed by atoms with Gasteiger partial charge in [-0.2, -0.15) is 0 Å². The molecule has 3 aliphatic heterocycles. The number of thioether (sulfide) groups is 1. The summed E-state index contributed by atoms with van der Waals surface area (Å²) in [5.41, 5.74) is 2.17. The number of benzene rings is 2. The van der Waals surface area contributed by atoms with Crippen LogP contribution in [-0.2, 0) is 10.3 Å². The summed E-state index contributed by atoms with van der Waals surface area (Å²) >= 11 is 13.8. The van der Waals surface area contributed by atoms with Gasteiger partial charge in [-0.3, -0.25) is 4.79 Å². The van der Waals surface area contributed by atoms with Crippen LogP contribution in [0.2, 0.25) is 10.0 Å². The molecular weight excluding hydrogens is 571 g/mol. The number of aliphatic hydroxyl groups is 1. The molecule has 1 saturated heterocycles. The van der Waals surface area contributed by atoms with E-state index in [1.165, 1.54) is 11.8 Å². The lowest BCUT2D eigenvalue weighted by atomic mass is 9.81. The second kappa shape index (κ2) is 10.9. The van der Waals surface area contributed by atoms with E-state index in [1.807, 2.05) is 55.5 Å². The number of likely N-dealkylation sites (N-methyl/N-ethyl adjacent to an activating group) is 1. The molecule has 0 aromatic heterocycles. The number of amidine groups is 1. The van der Waals surface area contributed by atoms with Gasteiger partial charge in [0.15, 0.2) is 5.17 Å². The Morgan fingerprint density at radius 2 is 1.70 bits per heavy atom. The van der Waals surface area contributed by atoms with Gasteiger partial charge in [-0.1, -0.05) is 61.3 Å². The van der Waals surface area contributed by atoms with E-state index in [9.17, 15) is 19.8 Å². The fourth-order valence-corrected chi connectivity index (χ4v) is 7.57. The lowest BCUT2D eigenvalue weighted by molar-refractivity contribution is -0.130. The number of carbonyl (C=O) groups excluding carboxylic acids is 1. The van der Waals surface area contributed by atoms with Crippen molar-refractivity contribution in [2.24, 2.45) is 10.9 Å². The molecule has 2 amide bonds. The standard InChI is InChI=1S/C29H32Cl2N4O4S/c1-5-34(21-14-33(28(38)39)15-22(21)36)26(37)24-23(16(2)3)35-25(17-6-10-19(30)11-7-17)29(4,32-27(35)40-24)18-8-12-20(31)13-9-18/h6-13,16,21-22,25,36H,5,14-15H2,1-4H3,(H,38,39)/t21-,22-,25+,29-/m0/s1. The van der Waals surface area contributed by atoms with Gasteiger partial charge in [-0.25, -0.2) is 9.79 Å². The van der Waals surface area contributed by atoms with Gasteiger partial charge < -0.3 is 24.9 Å². The first-order chi connectivity index (χ1) is 19.0. The van der Waals surface area contributed by atoms with Crippen LogP contribution in [0.15, 0.2) is 64.1 Å². The number of aliphatic hydroxyl groups excluding tert-OH is 1. The smallest absolute Gasteiger partial charge is 0.407 e. The SMILES string of the molecule is CCN(C(=O)C1=C(C(C)C)N2C(=N[C@@](C)(c3ccc(Cl)cc3)[C@H]2c2ccc(Cl)cc2)S1)[C@H]1CN(C(=O)O)C[C@@H]1O. The highest BCUT2D eigenvalue weighted by Gasteiger charge is 2.54. The quantitative estimate of drug-likeness (QED) is 0.433. The van der Waals surface area contributed by atoms with Crippen molar-refractivity contribution >= 4 is 52.1 Å². The highest BCUT2D eigenvalue weighted by atomic mass is 35.5. The number of rotatable bonds is 6. The van der Waals surface area contributed by atoms with Crippen molar-refractivity contribution in [3.8, 4) is 0 Å². The lowest BCUT2D eigenvalue weighted by Crippen LogP contribution is -2.47. The summed E-state index contributed by atoms with van der Waals surface area (Å²) in [7, 11) is 0. The Morgan fingerprint density at radius 1 is 1.10 bits per heavy atom. The molecule has 8 nitrogen and oxygen atoms in total. The minimum atomic E-state index is -1.11. The Kier molecular flexibility index (Phi) is 7.87. The molecule has 0 bridgehead atoms. The van der Waals surface area contributed by atoms with Gasteiger partial charge in [0.25, 0.3) is 5.91 Å². The van der Waals surface area contributed by atoms with Gasteiger partial charge in [0.05, 0.1) is 24.7 Å². The molecule has 0 aliphatic carbocycles. The molecule has 212 valence electrons. The third kappa shape index (κ3) is 4.87. The van der Waals surface area contributed by atoms with Gasteiger partial charge in [-0.05, 0) is 66.9 Å². The highest BCUT2D eigenvalue weighted by Crippen LogP contribution is 2.56. The van der Waals surface area contributed by atoms with Crippen molar-refractivity contribution in [3.63, 3.8) is 0 Å². The maximum absolute atomic E-state index is 14.1. The predicted molar refractivity (Wildman–Crippen MR) is 159 cm³/mol. The van der Waals surface area contributed by atoms with E-state index in [1.54, 1.807) is 4.90 Å². The van der Waals surface area contributed by atoms with Gasteiger partial charge in [-0.15, -0.1) is 0 Å². The molecular formula is C29H32Cl2N4O4S. The minimum absolute atomic E-state index is 0.0238. The second-order valence-corrected chi connectivity index (χ2v) is 12.6. The largest absolute Gasteiger partial charge is 0.465 e. The van der Waals surface area contributed by atoms with E-state index in [0.717, 1.165) is 26.9 Å². The van der Waals surface area contributed by atoms with E-state index >= 15 is 0 Å². The first-order valence-corrected chi connectivity index (χ1v) is 14.8. The number of halogens is 2. The summed E-state index contributed by atoms with van der Waals surface area (Å²) < 4.78 is 0. The monoisotopic (exact) mass is 602 g/mol. The molecule has 3 aliphatic rings. The van der Waals surface area contributed by atoms with Crippen LogP contribution in [0.5, 0.6) is 0 Å². The van der Waals surface area contributed by atoms with Gasteiger partial charge in [0, 0.05) is 28.8 Å². The van der Waals surface area contributed by atoms with Gasteiger partial charge in [0.1, 0.15) is 10.4 Å². The summed E-state index contributed by atoms with van der Waals surface area (Å²) in [5, 5.41) is 22.1. The number of fused-ring (bicyclic) bond motifs is 1. The van der Waals surface area contributed by atoms with Crippen molar-refractivity contribution in [2.75, 3.05) is 19.6 Å². The normalized spacial score (nSPS) is 26.0.